The molecule has 0 saturated heterocycles. The maximum absolute atomic E-state index is 13.4. The number of fused-ring (bicyclic) bond motifs is 4. The Labute approximate surface area is 204 Å². The van der Waals surface area contributed by atoms with E-state index < -0.39 is 17.7 Å². The van der Waals surface area contributed by atoms with Crippen LogP contribution in [-0.4, -0.2) is 28.4 Å². The highest BCUT2D eigenvalue weighted by Gasteiger charge is 2.41. The lowest BCUT2D eigenvalue weighted by Crippen LogP contribution is -2.29. The van der Waals surface area contributed by atoms with E-state index in [1.165, 1.54) is 0 Å². The van der Waals surface area contributed by atoms with Crippen LogP contribution in [0.2, 0.25) is 0 Å². The summed E-state index contributed by atoms with van der Waals surface area (Å²) in [7, 11) is 0. The molecule has 4 aromatic carbocycles. The molecule has 0 spiro atoms. The first-order valence-electron chi connectivity index (χ1n) is 11.5. The van der Waals surface area contributed by atoms with Crippen LogP contribution in [-0.2, 0) is 0 Å². The van der Waals surface area contributed by atoms with Gasteiger partial charge >= 0.3 is 0 Å². The van der Waals surface area contributed by atoms with E-state index in [2.05, 4.69) is 0 Å². The van der Waals surface area contributed by atoms with E-state index in [4.69, 9.17) is 4.98 Å². The number of hydrogen-bond acceptors (Lipinski definition) is 5. The molecule has 36 heavy (non-hydrogen) atoms. The Kier molecular flexibility index (Phi) is 4.12. The molecule has 7 rings (SSSR count). The number of amides is 2. The van der Waals surface area contributed by atoms with Crippen LogP contribution in [0.4, 0.5) is 5.69 Å². The van der Waals surface area contributed by atoms with Crippen LogP contribution >= 0.6 is 0 Å². The maximum Gasteiger partial charge on any atom is 0.266 e. The molecule has 1 aliphatic carbocycles. The summed E-state index contributed by atoms with van der Waals surface area (Å²) in [5.74, 6) is -2.53. The van der Waals surface area contributed by atoms with Crippen LogP contribution in [0.25, 0.3) is 21.7 Å². The van der Waals surface area contributed by atoms with Crippen LogP contribution in [0.15, 0.2) is 91.0 Å². The minimum absolute atomic E-state index is 0.293. The zero-order valence-electron chi connectivity index (χ0n) is 18.8. The summed E-state index contributed by atoms with van der Waals surface area (Å²) in [5.41, 5.74) is 2.44. The lowest BCUT2D eigenvalue weighted by atomic mass is 9.98. The predicted octanol–water partition coefficient (Wildman–Crippen LogP) is 5.35. The van der Waals surface area contributed by atoms with Crippen LogP contribution in [0.3, 0.4) is 0 Å². The van der Waals surface area contributed by atoms with Gasteiger partial charge in [-0.2, -0.15) is 0 Å². The Morgan fingerprint density at radius 2 is 1.11 bits per heavy atom. The van der Waals surface area contributed by atoms with E-state index in [0.29, 0.717) is 44.5 Å². The first-order chi connectivity index (χ1) is 17.5. The molecule has 0 fully saturated rings. The van der Waals surface area contributed by atoms with Gasteiger partial charge < -0.3 is 0 Å². The quantitative estimate of drug-likeness (QED) is 0.258. The van der Waals surface area contributed by atoms with Gasteiger partial charge in [0, 0.05) is 16.5 Å². The number of carbonyl (C=O) groups is 4. The van der Waals surface area contributed by atoms with Gasteiger partial charge in [-0.3, -0.25) is 19.2 Å². The van der Waals surface area contributed by atoms with Crippen LogP contribution in [0, 0.1) is 0 Å². The molecule has 0 N–H and O–H groups in total. The fourth-order valence-electron chi connectivity index (χ4n) is 5.24. The average Bonchev–Trinajstić information content (AvgIpc) is 3.31. The Hall–Kier alpha value is -4.97. The molecule has 2 amide bonds. The van der Waals surface area contributed by atoms with Gasteiger partial charge in [0.1, 0.15) is 5.92 Å². The molecule has 0 radical (unpaired) electrons. The summed E-state index contributed by atoms with van der Waals surface area (Å²) in [6.45, 7) is 0. The second-order valence-electron chi connectivity index (χ2n) is 8.98. The molecule has 5 aromatic rings. The van der Waals surface area contributed by atoms with E-state index in [0.717, 1.165) is 15.7 Å². The first-order valence-corrected chi connectivity index (χ1v) is 11.5. The third-order valence-electron chi connectivity index (χ3n) is 6.99. The van der Waals surface area contributed by atoms with Crippen molar-refractivity contribution >= 4 is 50.7 Å². The average molecular weight is 468 g/mol. The second-order valence-corrected chi connectivity index (χ2v) is 8.98. The van der Waals surface area contributed by atoms with Crippen LogP contribution in [0.1, 0.15) is 53.0 Å². The number of imide groups is 1. The molecule has 6 heteroatoms. The molecule has 1 aromatic heterocycles. The van der Waals surface area contributed by atoms with Crippen molar-refractivity contribution in [2.75, 3.05) is 4.90 Å². The molecule has 0 bridgehead atoms. The molecule has 2 heterocycles. The first kappa shape index (κ1) is 20.4. The number of Topliss-reactive ketones (excluding diaryl/α,β-unsaturated/α-hetero) is 2. The standard InChI is InChI=1S/C30H16N2O4/c33-27-21-14-17-6-1-2-7-18(17)15-22(21)28(34)25(27)23-13-12-16-8-5-11-24(26(16)31-23)32-29(35)19-9-3-4-10-20(19)30(32)36/h1-15,25H. The monoisotopic (exact) mass is 468 g/mol. The summed E-state index contributed by atoms with van der Waals surface area (Å²) in [5, 5.41) is 2.46. The molecule has 2 aliphatic rings. The Morgan fingerprint density at radius 1 is 0.556 bits per heavy atom. The summed E-state index contributed by atoms with van der Waals surface area (Å²) in [6, 6.07) is 26.4. The number of anilines is 1. The highest BCUT2D eigenvalue weighted by molar-refractivity contribution is 6.36. The minimum atomic E-state index is -1.07. The van der Waals surface area contributed by atoms with Crippen molar-refractivity contribution in [3.8, 4) is 0 Å². The van der Waals surface area contributed by atoms with Crippen molar-refractivity contribution < 1.29 is 19.2 Å². The predicted molar refractivity (Wildman–Crippen MR) is 135 cm³/mol. The van der Waals surface area contributed by atoms with E-state index in [-0.39, 0.29) is 11.6 Å². The zero-order valence-corrected chi connectivity index (χ0v) is 18.8. The summed E-state index contributed by atoms with van der Waals surface area (Å²) < 4.78 is 0. The normalized spacial score (nSPS) is 15.3. The fraction of sp³-hybridized carbons (Fsp3) is 0.0333. The number of para-hydroxylation sites is 1. The maximum atomic E-state index is 13.4. The van der Waals surface area contributed by atoms with E-state index in [9.17, 15) is 19.2 Å². The van der Waals surface area contributed by atoms with Gasteiger partial charge in [-0.05, 0) is 47.2 Å². The molecule has 0 atom stereocenters. The van der Waals surface area contributed by atoms with Gasteiger partial charge in [-0.1, -0.05) is 54.6 Å². The van der Waals surface area contributed by atoms with Crippen LogP contribution < -0.4 is 4.90 Å². The number of pyridine rings is 1. The number of rotatable bonds is 2. The van der Waals surface area contributed by atoms with Crippen LogP contribution in [0.5, 0.6) is 0 Å². The number of hydrogen-bond donors (Lipinski definition) is 0. The van der Waals surface area contributed by atoms with E-state index in [1.807, 2.05) is 30.3 Å². The fourth-order valence-corrected chi connectivity index (χ4v) is 5.24. The van der Waals surface area contributed by atoms with Crippen molar-refractivity contribution in [1.82, 2.24) is 4.98 Å². The van der Waals surface area contributed by atoms with Gasteiger partial charge in [0.05, 0.1) is 28.0 Å². The van der Waals surface area contributed by atoms with Gasteiger partial charge in [0.2, 0.25) is 0 Å². The molecule has 1 aliphatic heterocycles. The van der Waals surface area contributed by atoms with Gasteiger partial charge in [0.15, 0.2) is 11.6 Å². The summed E-state index contributed by atoms with van der Waals surface area (Å²) >= 11 is 0. The number of carbonyl (C=O) groups excluding carboxylic acids is 4. The molecular weight excluding hydrogens is 452 g/mol. The zero-order chi connectivity index (χ0) is 24.6. The third kappa shape index (κ3) is 2.69. The topological polar surface area (TPSA) is 84.4 Å². The molecule has 0 saturated carbocycles. The van der Waals surface area contributed by atoms with Gasteiger partial charge in [0.25, 0.3) is 11.8 Å². The summed E-state index contributed by atoms with van der Waals surface area (Å²) in [6.07, 6.45) is 0. The van der Waals surface area contributed by atoms with E-state index >= 15 is 0 Å². The number of aromatic nitrogens is 1. The van der Waals surface area contributed by atoms with Crippen molar-refractivity contribution in [3.63, 3.8) is 0 Å². The largest absolute Gasteiger partial charge is 0.293 e. The van der Waals surface area contributed by atoms with Crippen molar-refractivity contribution in [1.29, 1.82) is 0 Å². The van der Waals surface area contributed by atoms with Crippen molar-refractivity contribution in [3.05, 3.63) is 119 Å². The Bertz CT molecular complexity index is 1750. The number of benzene rings is 4. The second kappa shape index (κ2) is 7.26. The van der Waals surface area contributed by atoms with Crippen molar-refractivity contribution in [2.45, 2.75) is 5.92 Å². The SMILES string of the molecule is O=C1c2cc3ccccc3cc2C(=O)C1c1ccc2cccc(N3C(=O)c4ccccc4C3=O)c2n1. The van der Waals surface area contributed by atoms with E-state index in [1.54, 1.807) is 60.7 Å². The molecule has 6 nitrogen and oxygen atoms in total. The minimum Gasteiger partial charge on any atom is -0.293 e. The highest BCUT2D eigenvalue weighted by atomic mass is 16.2. The highest BCUT2D eigenvalue weighted by Crippen LogP contribution is 2.38. The third-order valence-corrected chi connectivity index (χ3v) is 6.99. The molecule has 0 unspecified atom stereocenters. The lowest BCUT2D eigenvalue weighted by molar-refractivity contribution is 0.0882. The Balaban J connectivity index is 1.36. The number of ketones is 2. The van der Waals surface area contributed by atoms with Gasteiger partial charge in [-0.25, -0.2) is 9.88 Å². The lowest BCUT2D eigenvalue weighted by Gasteiger charge is -2.17. The van der Waals surface area contributed by atoms with Gasteiger partial charge in [-0.15, -0.1) is 0 Å². The smallest absolute Gasteiger partial charge is 0.266 e. The Morgan fingerprint density at radius 3 is 1.72 bits per heavy atom. The van der Waals surface area contributed by atoms with Crippen molar-refractivity contribution in [2.24, 2.45) is 0 Å². The number of nitrogens with zero attached hydrogens (tertiary/aromatic N) is 2. The molecular formula is C30H16N2O4. The summed E-state index contributed by atoms with van der Waals surface area (Å²) in [4.78, 5) is 58.9. The molecule has 170 valence electrons.